The fourth-order valence-corrected chi connectivity index (χ4v) is 3.19. The van der Waals surface area contributed by atoms with E-state index >= 15 is 0 Å². The maximum atomic E-state index is 11.1. The molecule has 0 spiro atoms. The Hall–Kier alpha value is -0.610. The van der Waals surface area contributed by atoms with E-state index in [9.17, 15) is 4.79 Å². The van der Waals surface area contributed by atoms with E-state index in [2.05, 4.69) is 4.90 Å². The Labute approximate surface area is 96.6 Å². The summed E-state index contributed by atoms with van der Waals surface area (Å²) in [6, 6.07) is -0.298. The van der Waals surface area contributed by atoms with Gasteiger partial charge in [-0.05, 0) is 31.6 Å². The minimum Gasteiger partial charge on any atom is -0.480 e. The Bertz CT molecular complexity index is 257. The van der Waals surface area contributed by atoms with Crippen molar-refractivity contribution in [1.82, 2.24) is 4.90 Å². The molecule has 0 aromatic carbocycles. The van der Waals surface area contributed by atoms with E-state index in [-0.39, 0.29) is 6.04 Å². The lowest BCUT2D eigenvalue weighted by molar-refractivity contribution is -0.163. The predicted octanol–water partition coefficient (Wildman–Crippen LogP) is 1.21. The van der Waals surface area contributed by atoms with E-state index in [1.807, 2.05) is 13.8 Å². The number of aliphatic carboxylic acids is 1. The Morgan fingerprint density at radius 2 is 2.06 bits per heavy atom. The molecule has 3 atom stereocenters. The Morgan fingerprint density at radius 1 is 1.44 bits per heavy atom. The third-order valence-corrected chi connectivity index (χ3v) is 3.94. The number of carboxylic acids is 1. The van der Waals surface area contributed by atoms with Crippen molar-refractivity contribution in [2.75, 3.05) is 19.7 Å². The molecular formula is C12H21NO3. The number of hydrogen-bond acceptors (Lipinski definition) is 3. The molecule has 1 N–H and O–H groups in total. The van der Waals surface area contributed by atoms with Crippen LogP contribution in [-0.2, 0) is 9.53 Å². The number of carboxylic acid groups (broad SMARTS) is 1. The standard InChI is InChI=1S/C12H21NO3/c1-3-10(12(14)15)13-6-8-5-9(7-13)11(8)16-4-2/h8-11H,3-7H2,1-2H3,(H,14,15)/t8-,9-,10-/m0/s1. The van der Waals surface area contributed by atoms with Gasteiger partial charge in [-0.15, -0.1) is 0 Å². The van der Waals surface area contributed by atoms with Gasteiger partial charge in [0, 0.05) is 19.7 Å². The van der Waals surface area contributed by atoms with Crippen molar-refractivity contribution in [2.24, 2.45) is 11.8 Å². The van der Waals surface area contributed by atoms with Crippen molar-refractivity contribution in [3.05, 3.63) is 0 Å². The topological polar surface area (TPSA) is 49.8 Å². The number of carbonyl (C=O) groups is 1. The quantitative estimate of drug-likeness (QED) is 0.767. The Balaban J connectivity index is 1.92. The van der Waals surface area contributed by atoms with Crippen LogP contribution in [0.5, 0.6) is 0 Å². The molecule has 2 aliphatic heterocycles. The zero-order chi connectivity index (χ0) is 11.7. The molecule has 2 saturated heterocycles. The van der Waals surface area contributed by atoms with Gasteiger partial charge >= 0.3 is 5.97 Å². The third-order valence-electron chi connectivity index (χ3n) is 3.94. The van der Waals surface area contributed by atoms with Gasteiger partial charge in [0.15, 0.2) is 0 Å². The molecule has 3 rings (SSSR count). The Kier molecular flexibility index (Phi) is 3.50. The van der Waals surface area contributed by atoms with E-state index in [1.54, 1.807) is 0 Å². The fraction of sp³-hybridized carbons (Fsp3) is 0.917. The molecule has 0 amide bonds. The predicted molar refractivity (Wildman–Crippen MR) is 60.3 cm³/mol. The van der Waals surface area contributed by atoms with Gasteiger partial charge in [0.2, 0.25) is 0 Å². The van der Waals surface area contributed by atoms with Crippen molar-refractivity contribution in [2.45, 2.75) is 38.8 Å². The minimum absolute atomic E-state index is 0.298. The summed E-state index contributed by atoms with van der Waals surface area (Å²) >= 11 is 0. The molecule has 4 nitrogen and oxygen atoms in total. The number of fused-ring (bicyclic) bond motifs is 2. The lowest BCUT2D eigenvalue weighted by Gasteiger charge is -2.54. The van der Waals surface area contributed by atoms with Crippen LogP contribution < -0.4 is 0 Å². The van der Waals surface area contributed by atoms with Gasteiger partial charge in [0.1, 0.15) is 6.04 Å². The first-order chi connectivity index (χ1) is 7.67. The largest absolute Gasteiger partial charge is 0.480 e. The highest BCUT2D eigenvalue weighted by molar-refractivity contribution is 5.73. The van der Waals surface area contributed by atoms with Crippen molar-refractivity contribution in [1.29, 1.82) is 0 Å². The summed E-state index contributed by atoms with van der Waals surface area (Å²) in [5.41, 5.74) is 0. The van der Waals surface area contributed by atoms with Crippen LogP contribution in [0.1, 0.15) is 26.7 Å². The van der Waals surface area contributed by atoms with E-state index in [1.165, 1.54) is 6.42 Å². The average Bonchev–Trinajstić information content (AvgIpc) is 2.26. The summed E-state index contributed by atoms with van der Waals surface area (Å²) in [7, 11) is 0. The first kappa shape index (κ1) is 11.9. The maximum absolute atomic E-state index is 11.1. The molecule has 4 heteroatoms. The molecule has 3 fully saturated rings. The summed E-state index contributed by atoms with van der Waals surface area (Å²) in [5.74, 6) is 0.441. The van der Waals surface area contributed by atoms with Gasteiger partial charge in [-0.2, -0.15) is 0 Å². The van der Waals surface area contributed by atoms with E-state index in [0.717, 1.165) is 19.7 Å². The lowest BCUT2D eigenvalue weighted by atomic mass is 9.67. The van der Waals surface area contributed by atoms with Crippen molar-refractivity contribution >= 4 is 5.97 Å². The summed E-state index contributed by atoms with van der Waals surface area (Å²) in [4.78, 5) is 13.2. The van der Waals surface area contributed by atoms with Crippen LogP contribution in [0.25, 0.3) is 0 Å². The number of nitrogens with zero attached hydrogens (tertiary/aromatic N) is 1. The van der Waals surface area contributed by atoms with Gasteiger partial charge < -0.3 is 9.84 Å². The molecule has 0 unspecified atom stereocenters. The molecule has 1 saturated carbocycles. The average molecular weight is 227 g/mol. The van der Waals surface area contributed by atoms with E-state index in [4.69, 9.17) is 9.84 Å². The summed E-state index contributed by atoms with van der Waals surface area (Å²) in [6.07, 6.45) is 2.30. The molecule has 3 aliphatic rings. The zero-order valence-electron chi connectivity index (χ0n) is 10.1. The van der Waals surface area contributed by atoms with Crippen LogP contribution in [0, 0.1) is 11.8 Å². The highest BCUT2D eigenvalue weighted by atomic mass is 16.5. The number of ether oxygens (including phenoxy) is 1. The molecule has 92 valence electrons. The second kappa shape index (κ2) is 4.72. The highest BCUT2D eigenvalue weighted by Crippen LogP contribution is 2.42. The van der Waals surface area contributed by atoms with Gasteiger partial charge in [-0.1, -0.05) is 6.92 Å². The lowest BCUT2D eigenvalue weighted by Crippen LogP contribution is -2.62. The second-order valence-electron chi connectivity index (χ2n) is 4.89. The smallest absolute Gasteiger partial charge is 0.320 e. The summed E-state index contributed by atoms with van der Waals surface area (Å²) in [6.45, 7) is 6.53. The van der Waals surface area contributed by atoms with Gasteiger partial charge in [0.05, 0.1) is 6.10 Å². The minimum atomic E-state index is -0.684. The Morgan fingerprint density at radius 3 is 2.50 bits per heavy atom. The van der Waals surface area contributed by atoms with Crippen molar-refractivity contribution in [3.63, 3.8) is 0 Å². The molecule has 0 radical (unpaired) electrons. The monoisotopic (exact) mass is 227 g/mol. The van der Waals surface area contributed by atoms with Crippen LogP contribution >= 0.6 is 0 Å². The summed E-state index contributed by atoms with van der Waals surface area (Å²) in [5, 5.41) is 9.12. The third kappa shape index (κ3) is 1.96. The van der Waals surface area contributed by atoms with Gasteiger partial charge in [-0.25, -0.2) is 0 Å². The molecule has 1 aliphatic carbocycles. The molecule has 2 bridgehead atoms. The van der Waals surface area contributed by atoms with Crippen LogP contribution in [0.15, 0.2) is 0 Å². The number of hydrogen-bond donors (Lipinski definition) is 1. The molecular weight excluding hydrogens is 206 g/mol. The zero-order valence-corrected chi connectivity index (χ0v) is 10.1. The first-order valence-corrected chi connectivity index (χ1v) is 6.25. The van der Waals surface area contributed by atoms with Gasteiger partial charge in [0.25, 0.3) is 0 Å². The molecule has 0 aromatic rings. The van der Waals surface area contributed by atoms with Crippen molar-refractivity contribution < 1.29 is 14.6 Å². The molecule has 2 heterocycles. The van der Waals surface area contributed by atoms with Crippen LogP contribution in [0.3, 0.4) is 0 Å². The number of piperidine rings is 2. The SMILES string of the molecule is CCOC1[C@H]2C[C@H]1CN([C@@H](CC)C(=O)O)C2. The van der Waals surface area contributed by atoms with Crippen LogP contribution in [0.4, 0.5) is 0 Å². The molecule has 0 aromatic heterocycles. The number of rotatable bonds is 5. The van der Waals surface area contributed by atoms with Crippen LogP contribution in [-0.4, -0.2) is 47.8 Å². The van der Waals surface area contributed by atoms with Gasteiger partial charge in [-0.3, -0.25) is 9.69 Å². The summed E-state index contributed by atoms with van der Waals surface area (Å²) < 4.78 is 5.69. The first-order valence-electron chi connectivity index (χ1n) is 6.25. The van der Waals surface area contributed by atoms with Crippen molar-refractivity contribution in [3.8, 4) is 0 Å². The molecule has 16 heavy (non-hydrogen) atoms. The van der Waals surface area contributed by atoms with E-state index < -0.39 is 5.97 Å². The second-order valence-corrected chi connectivity index (χ2v) is 4.89. The van der Waals surface area contributed by atoms with Crippen LogP contribution in [0.2, 0.25) is 0 Å². The maximum Gasteiger partial charge on any atom is 0.320 e. The fourth-order valence-electron chi connectivity index (χ4n) is 3.19. The normalized spacial score (nSPS) is 35.5. The van der Waals surface area contributed by atoms with E-state index in [0.29, 0.717) is 24.4 Å². The highest BCUT2D eigenvalue weighted by Gasteiger charge is 2.49.